The molecule has 1 aromatic carbocycles. The number of halogens is 1. The van der Waals surface area contributed by atoms with E-state index in [1.807, 2.05) is 12.1 Å². The summed E-state index contributed by atoms with van der Waals surface area (Å²) in [4.78, 5) is 11.4. The Morgan fingerprint density at radius 3 is 2.65 bits per heavy atom. The molecule has 0 aliphatic carbocycles. The van der Waals surface area contributed by atoms with Crippen molar-refractivity contribution in [2.24, 2.45) is 0 Å². The third-order valence-corrected chi connectivity index (χ3v) is 4.40. The van der Waals surface area contributed by atoms with Crippen molar-refractivity contribution in [1.82, 2.24) is 0 Å². The summed E-state index contributed by atoms with van der Waals surface area (Å²) < 4.78 is 0. The quantitative estimate of drug-likeness (QED) is 0.887. The average molecular weight is 272 g/mol. The van der Waals surface area contributed by atoms with Gasteiger partial charge in [0.25, 0.3) is 0 Å². The highest BCUT2D eigenvalue weighted by atomic mass is 35.5. The molecular formula is C12H14ClNO2S. The average Bonchev–Trinajstić information content (AvgIpc) is 2.33. The monoisotopic (exact) mass is 271 g/mol. The fourth-order valence-electron chi connectivity index (χ4n) is 1.92. The molecule has 0 radical (unpaired) electrons. The third-order valence-electron chi connectivity index (χ3n) is 2.88. The fraction of sp³-hybridized carbons (Fsp3) is 0.417. The van der Waals surface area contributed by atoms with Crippen LogP contribution in [0.5, 0.6) is 0 Å². The number of nitrogens with one attached hydrogen (secondary N) is 1. The van der Waals surface area contributed by atoms with E-state index >= 15 is 0 Å². The van der Waals surface area contributed by atoms with E-state index in [-0.39, 0.29) is 0 Å². The summed E-state index contributed by atoms with van der Waals surface area (Å²) in [7, 11) is 0. The van der Waals surface area contributed by atoms with E-state index in [0.29, 0.717) is 17.2 Å². The maximum atomic E-state index is 11.4. The normalized spacial score (nSPS) is 24.3. The molecule has 1 aliphatic rings. The van der Waals surface area contributed by atoms with Crippen molar-refractivity contribution in [2.45, 2.75) is 18.4 Å². The van der Waals surface area contributed by atoms with Gasteiger partial charge in [-0.1, -0.05) is 11.6 Å². The molecule has 1 heterocycles. The highest BCUT2D eigenvalue weighted by Crippen LogP contribution is 2.31. The molecule has 1 aliphatic heterocycles. The van der Waals surface area contributed by atoms with Crippen molar-refractivity contribution in [3.63, 3.8) is 0 Å². The van der Waals surface area contributed by atoms with E-state index in [0.717, 1.165) is 17.9 Å². The number of carboxylic acids is 1. The van der Waals surface area contributed by atoms with Gasteiger partial charge in [0.05, 0.1) is 0 Å². The summed E-state index contributed by atoms with van der Waals surface area (Å²) in [5.41, 5.74) is -0.0317. The first-order valence-electron chi connectivity index (χ1n) is 5.47. The maximum Gasteiger partial charge on any atom is 0.330 e. The number of carbonyl (C=O) groups is 1. The molecule has 2 N–H and O–H groups in total. The number of thioether (sulfide) groups is 1. The van der Waals surface area contributed by atoms with E-state index in [1.54, 1.807) is 23.9 Å². The lowest BCUT2D eigenvalue weighted by Crippen LogP contribution is -2.50. The molecule has 1 fully saturated rings. The van der Waals surface area contributed by atoms with Crippen molar-refractivity contribution < 1.29 is 9.90 Å². The summed E-state index contributed by atoms with van der Waals surface area (Å²) >= 11 is 7.49. The Balaban J connectivity index is 2.17. The minimum atomic E-state index is -0.837. The first kappa shape index (κ1) is 12.6. The third kappa shape index (κ3) is 2.87. The molecule has 0 amide bonds. The number of anilines is 1. The lowest BCUT2D eigenvalue weighted by Gasteiger charge is -2.34. The number of rotatable bonds is 3. The van der Waals surface area contributed by atoms with Crippen LogP contribution in [0.4, 0.5) is 5.69 Å². The van der Waals surface area contributed by atoms with Crippen LogP contribution in [0.15, 0.2) is 24.3 Å². The first-order valence-corrected chi connectivity index (χ1v) is 7.01. The molecule has 17 heavy (non-hydrogen) atoms. The Bertz CT molecular complexity index is 401. The summed E-state index contributed by atoms with van der Waals surface area (Å²) in [6.07, 6.45) is 1.59. The Morgan fingerprint density at radius 1 is 1.41 bits per heavy atom. The van der Waals surface area contributed by atoms with Crippen LogP contribution in [-0.4, -0.2) is 28.1 Å². The molecule has 1 atom stereocenters. The molecule has 1 unspecified atom stereocenters. The lowest BCUT2D eigenvalue weighted by atomic mass is 9.95. The SMILES string of the molecule is O=C(O)C1(Nc2ccc(Cl)cc2)CCCSC1. The predicted octanol–water partition coefficient (Wildman–Crippen LogP) is 3.10. The fourth-order valence-corrected chi connectivity index (χ4v) is 3.23. The van der Waals surface area contributed by atoms with Crippen LogP contribution >= 0.6 is 23.4 Å². The molecule has 0 saturated carbocycles. The van der Waals surface area contributed by atoms with Gasteiger partial charge >= 0.3 is 5.97 Å². The number of hydrogen-bond donors (Lipinski definition) is 2. The van der Waals surface area contributed by atoms with Gasteiger partial charge in [-0.05, 0) is 42.9 Å². The number of aliphatic carboxylic acids is 1. The maximum absolute atomic E-state index is 11.4. The molecule has 1 aromatic rings. The summed E-state index contributed by atoms with van der Waals surface area (Å²) in [5.74, 6) is 0.863. The molecule has 0 bridgehead atoms. The van der Waals surface area contributed by atoms with Crippen LogP contribution in [0.1, 0.15) is 12.8 Å². The minimum absolute atomic E-state index is 0.602. The zero-order chi connectivity index (χ0) is 12.3. The second-order valence-electron chi connectivity index (χ2n) is 4.18. The van der Waals surface area contributed by atoms with Crippen LogP contribution in [0.3, 0.4) is 0 Å². The van der Waals surface area contributed by atoms with Crippen LogP contribution < -0.4 is 5.32 Å². The topological polar surface area (TPSA) is 49.3 Å². The highest BCUT2D eigenvalue weighted by Gasteiger charge is 2.39. The zero-order valence-electron chi connectivity index (χ0n) is 9.28. The summed E-state index contributed by atoms with van der Waals surface area (Å²) in [6, 6.07) is 7.14. The molecule has 5 heteroatoms. The van der Waals surface area contributed by atoms with Gasteiger partial charge in [0, 0.05) is 16.5 Å². The van der Waals surface area contributed by atoms with Gasteiger partial charge in [-0.3, -0.25) is 0 Å². The number of benzene rings is 1. The van der Waals surface area contributed by atoms with E-state index in [1.165, 1.54) is 0 Å². The van der Waals surface area contributed by atoms with Gasteiger partial charge < -0.3 is 10.4 Å². The van der Waals surface area contributed by atoms with Crippen molar-refractivity contribution in [1.29, 1.82) is 0 Å². The van der Waals surface area contributed by atoms with Gasteiger partial charge in [0.1, 0.15) is 5.54 Å². The predicted molar refractivity (Wildman–Crippen MR) is 72.0 cm³/mol. The Hall–Kier alpha value is -0.870. The molecular weight excluding hydrogens is 258 g/mol. The summed E-state index contributed by atoms with van der Waals surface area (Å²) in [5, 5.41) is 13.2. The lowest BCUT2D eigenvalue weighted by molar-refractivity contribution is -0.141. The molecule has 3 nitrogen and oxygen atoms in total. The smallest absolute Gasteiger partial charge is 0.330 e. The van der Waals surface area contributed by atoms with E-state index in [4.69, 9.17) is 11.6 Å². The van der Waals surface area contributed by atoms with Gasteiger partial charge in [-0.25, -0.2) is 4.79 Å². The Morgan fingerprint density at radius 2 is 2.12 bits per heavy atom. The molecule has 0 aromatic heterocycles. The summed E-state index contributed by atoms with van der Waals surface area (Å²) in [6.45, 7) is 0. The van der Waals surface area contributed by atoms with Gasteiger partial charge in [-0.2, -0.15) is 11.8 Å². The molecule has 92 valence electrons. The standard InChI is InChI=1S/C12H14ClNO2S/c13-9-2-4-10(5-3-9)14-12(11(15)16)6-1-7-17-8-12/h2-5,14H,1,6-8H2,(H,15,16). The van der Waals surface area contributed by atoms with Crippen molar-refractivity contribution in [2.75, 3.05) is 16.8 Å². The number of carboxylic acid groups (broad SMARTS) is 1. The largest absolute Gasteiger partial charge is 0.479 e. The second-order valence-corrected chi connectivity index (χ2v) is 5.72. The Labute approximate surface area is 110 Å². The van der Waals surface area contributed by atoms with Gasteiger partial charge in [0.15, 0.2) is 0 Å². The molecule has 0 spiro atoms. The van der Waals surface area contributed by atoms with E-state index in [2.05, 4.69) is 5.32 Å². The van der Waals surface area contributed by atoms with Crippen molar-refractivity contribution >= 4 is 35.0 Å². The van der Waals surface area contributed by atoms with Crippen LogP contribution in [-0.2, 0) is 4.79 Å². The number of hydrogen-bond acceptors (Lipinski definition) is 3. The first-order chi connectivity index (χ1) is 8.12. The Kier molecular flexibility index (Phi) is 3.84. The van der Waals surface area contributed by atoms with E-state index in [9.17, 15) is 9.90 Å². The van der Waals surface area contributed by atoms with Gasteiger partial charge in [0.2, 0.25) is 0 Å². The van der Waals surface area contributed by atoms with Crippen LogP contribution in [0.25, 0.3) is 0 Å². The highest BCUT2D eigenvalue weighted by molar-refractivity contribution is 7.99. The van der Waals surface area contributed by atoms with Crippen molar-refractivity contribution in [3.05, 3.63) is 29.3 Å². The van der Waals surface area contributed by atoms with Gasteiger partial charge in [-0.15, -0.1) is 0 Å². The van der Waals surface area contributed by atoms with Crippen LogP contribution in [0.2, 0.25) is 5.02 Å². The molecule has 1 saturated heterocycles. The van der Waals surface area contributed by atoms with Crippen LogP contribution in [0, 0.1) is 0 Å². The zero-order valence-corrected chi connectivity index (χ0v) is 10.9. The second kappa shape index (κ2) is 5.19. The minimum Gasteiger partial charge on any atom is -0.479 e. The van der Waals surface area contributed by atoms with Crippen molar-refractivity contribution in [3.8, 4) is 0 Å². The van der Waals surface area contributed by atoms with E-state index < -0.39 is 11.5 Å². The molecule has 2 rings (SSSR count).